The van der Waals surface area contributed by atoms with E-state index >= 15 is 0 Å². The summed E-state index contributed by atoms with van der Waals surface area (Å²) < 4.78 is 62.9. The normalized spacial score (nSPS) is 13.9. The maximum absolute atomic E-state index is 11.1. The Morgan fingerprint density at radius 2 is 1.61 bits per heavy atom. The molecular weight excluding hydrogens is 296 g/mol. The van der Waals surface area contributed by atoms with Crippen molar-refractivity contribution in [3.8, 4) is 0 Å². The largest absolute Gasteiger partial charge is 0.481 e. The molecule has 0 radical (unpaired) electrons. The number of carbonyl (C=O) groups excluding carboxylic acids is 1. The molecule has 0 aromatic heterocycles. The number of rotatable bonds is 7. The van der Waals surface area contributed by atoms with E-state index in [0.29, 0.717) is 0 Å². The number of carboxylic acids is 1. The third kappa shape index (κ3) is 7.16. The number of hydrogen-bond acceptors (Lipinski definition) is 7. The van der Waals surface area contributed by atoms with Crippen LogP contribution in [0.1, 0.15) is 6.42 Å². The van der Waals surface area contributed by atoms with Crippen LogP contribution in [0.4, 0.5) is 0 Å². The Morgan fingerprint density at radius 3 is 1.94 bits per heavy atom. The van der Waals surface area contributed by atoms with Crippen molar-refractivity contribution in [2.24, 2.45) is 0 Å². The highest BCUT2D eigenvalue weighted by Crippen LogP contribution is 2.07. The molecule has 0 aromatic rings. The first kappa shape index (κ1) is 16.8. The van der Waals surface area contributed by atoms with E-state index in [9.17, 15) is 26.4 Å². The van der Waals surface area contributed by atoms with Gasteiger partial charge in [-0.2, -0.15) is 16.8 Å². The maximum atomic E-state index is 11.1. The molecule has 0 saturated heterocycles. The summed E-state index contributed by atoms with van der Waals surface area (Å²) in [5, 5.41) is 5.98. The average molecular weight is 306 g/mol. The van der Waals surface area contributed by atoms with Crippen molar-refractivity contribution in [1.29, 1.82) is 0 Å². The van der Waals surface area contributed by atoms with Gasteiger partial charge in [-0.05, 0) is 0 Å². The molecule has 0 heterocycles. The number of aliphatic carboxylic acids is 1. The molecule has 0 rings (SSSR count). The molecule has 18 heavy (non-hydrogen) atoms. The smallest absolute Gasteiger partial charge is 0.327 e. The van der Waals surface area contributed by atoms with Crippen LogP contribution >= 0.6 is 0 Å². The van der Waals surface area contributed by atoms with Crippen LogP contribution in [0, 0.1) is 0 Å². The molecule has 0 aliphatic heterocycles. The molecule has 0 saturated carbocycles. The van der Waals surface area contributed by atoms with Crippen molar-refractivity contribution in [1.82, 2.24) is 0 Å². The zero-order valence-electron chi connectivity index (χ0n) is 8.71. The fourth-order valence-corrected chi connectivity index (χ4v) is 1.77. The van der Waals surface area contributed by atoms with Gasteiger partial charge in [0.2, 0.25) is 0 Å². The molecule has 0 bridgehead atoms. The van der Waals surface area contributed by atoms with Crippen molar-refractivity contribution in [3.63, 3.8) is 0 Å². The van der Waals surface area contributed by atoms with E-state index < -0.39 is 56.2 Å². The van der Waals surface area contributed by atoms with Gasteiger partial charge in [-0.25, -0.2) is 0 Å². The average Bonchev–Trinajstić information content (AvgIpc) is 2.09. The van der Waals surface area contributed by atoms with E-state index in [1.54, 1.807) is 0 Å². The lowest BCUT2D eigenvalue weighted by atomic mass is 10.3. The summed E-state index contributed by atoms with van der Waals surface area (Å²) in [6, 6.07) is 0. The van der Waals surface area contributed by atoms with Crippen LogP contribution in [0.15, 0.2) is 0 Å². The minimum Gasteiger partial charge on any atom is -0.481 e. The topological polar surface area (TPSA) is 172 Å². The SMILES string of the molecule is O=C(O)CC(C(=O)OCCS(=O)(=O)O)S(=O)(=O)O. The van der Waals surface area contributed by atoms with Crippen LogP contribution in [0.2, 0.25) is 0 Å². The minimum atomic E-state index is -4.99. The van der Waals surface area contributed by atoms with Gasteiger partial charge in [0.05, 0.1) is 6.42 Å². The Balaban J connectivity index is 4.64. The summed E-state index contributed by atoms with van der Waals surface area (Å²) in [5.74, 6) is -4.28. The molecule has 1 unspecified atom stereocenters. The van der Waals surface area contributed by atoms with Crippen LogP contribution < -0.4 is 0 Å². The summed E-state index contributed by atoms with van der Waals surface area (Å²) >= 11 is 0. The van der Waals surface area contributed by atoms with Crippen molar-refractivity contribution < 1.29 is 45.4 Å². The monoisotopic (exact) mass is 306 g/mol. The van der Waals surface area contributed by atoms with Crippen LogP contribution in [0.5, 0.6) is 0 Å². The third-order valence-electron chi connectivity index (χ3n) is 1.57. The molecule has 106 valence electrons. The van der Waals surface area contributed by atoms with E-state index in [1.807, 2.05) is 0 Å². The lowest BCUT2D eigenvalue weighted by molar-refractivity contribution is -0.146. The van der Waals surface area contributed by atoms with Gasteiger partial charge in [0.1, 0.15) is 12.4 Å². The van der Waals surface area contributed by atoms with Gasteiger partial charge in [-0.15, -0.1) is 0 Å². The van der Waals surface area contributed by atoms with Gasteiger partial charge in [-0.3, -0.25) is 18.7 Å². The highest BCUT2D eigenvalue weighted by molar-refractivity contribution is 7.87. The number of hydrogen-bond donors (Lipinski definition) is 3. The summed E-state index contributed by atoms with van der Waals surface area (Å²) in [7, 11) is -9.40. The lowest BCUT2D eigenvalue weighted by Gasteiger charge is -2.10. The van der Waals surface area contributed by atoms with E-state index in [0.717, 1.165) is 0 Å². The molecule has 0 spiro atoms. The molecule has 0 fully saturated rings. The van der Waals surface area contributed by atoms with E-state index in [-0.39, 0.29) is 0 Å². The van der Waals surface area contributed by atoms with E-state index in [2.05, 4.69) is 4.74 Å². The molecule has 12 heteroatoms. The van der Waals surface area contributed by atoms with Gasteiger partial charge in [0.25, 0.3) is 20.2 Å². The van der Waals surface area contributed by atoms with Crippen molar-refractivity contribution in [3.05, 3.63) is 0 Å². The first-order valence-electron chi connectivity index (χ1n) is 4.23. The molecule has 0 amide bonds. The molecule has 0 aliphatic rings. The Bertz CT molecular complexity index is 515. The van der Waals surface area contributed by atoms with E-state index in [1.165, 1.54) is 0 Å². The minimum absolute atomic E-state index is 0.872. The second kappa shape index (κ2) is 6.08. The number of carboxylic acid groups (broad SMARTS) is 1. The highest BCUT2D eigenvalue weighted by Gasteiger charge is 2.35. The Morgan fingerprint density at radius 1 is 1.11 bits per heavy atom. The van der Waals surface area contributed by atoms with Crippen LogP contribution in [0.3, 0.4) is 0 Å². The Kier molecular flexibility index (Phi) is 5.66. The second-order valence-electron chi connectivity index (χ2n) is 3.06. The second-order valence-corrected chi connectivity index (χ2v) is 6.23. The summed E-state index contributed by atoms with van der Waals surface area (Å²) in [4.78, 5) is 21.4. The Hall–Kier alpha value is -1.24. The van der Waals surface area contributed by atoms with E-state index in [4.69, 9.17) is 14.2 Å². The molecule has 1 atom stereocenters. The van der Waals surface area contributed by atoms with Crippen molar-refractivity contribution >= 4 is 32.2 Å². The molecule has 3 N–H and O–H groups in total. The van der Waals surface area contributed by atoms with Crippen molar-refractivity contribution in [2.75, 3.05) is 12.4 Å². The third-order valence-corrected chi connectivity index (χ3v) is 3.33. The van der Waals surface area contributed by atoms with Gasteiger partial charge in [0, 0.05) is 0 Å². The molecule has 10 nitrogen and oxygen atoms in total. The predicted molar refractivity (Wildman–Crippen MR) is 55.0 cm³/mol. The fourth-order valence-electron chi connectivity index (χ4n) is 0.809. The summed E-state index contributed by atoms with van der Waals surface area (Å²) in [6.45, 7) is -0.872. The van der Waals surface area contributed by atoms with Crippen LogP contribution in [-0.2, 0) is 34.6 Å². The molecular formula is C6H10O10S2. The maximum Gasteiger partial charge on any atom is 0.327 e. The van der Waals surface area contributed by atoms with Gasteiger partial charge >= 0.3 is 11.9 Å². The van der Waals surface area contributed by atoms with Crippen LogP contribution in [-0.4, -0.2) is 60.6 Å². The number of ether oxygens (including phenoxy) is 1. The first-order chi connectivity index (χ1) is 7.93. The van der Waals surface area contributed by atoms with Gasteiger partial charge < -0.3 is 9.84 Å². The van der Waals surface area contributed by atoms with Gasteiger partial charge in [0.15, 0.2) is 5.25 Å². The first-order valence-corrected chi connectivity index (χ1v) is 7.34. The van der Waals surface area contributed by atoms with Gasteiger partial charge in [-0.1, -0.05) is 0 Å². The molecule has 0 aromatic carbocycles. The fraction of sp³-hybridized carbons (Fsp3) is 0.667. The predicted octanol–water partition coefficient (Wildman–Crippen LogP) is -1.85. The summed E-state index contributed by atoms with van der Waals surface area (Å²) in [6.07, 6.45) is -1.23. The lowest BCUT2D eigenvalue weighted by Crippen LogP contribution is -2.34. The highest BCUT2D eigenvalue weighted by atomic mass is 32.2. The van der Waals surface area contributed by atoms with Crippen LogP contribution in [0.25, 0.3) is 0 Å². The zero-order chi connectivity index (χ0) is 14.6. The Labute approximate surface area is 102 Å². The quantitative estimate of drug-likeness (QED) is 0.358. The number of carbonyl (C=O) groups is 2. The van der Waals surface area contributed by atoms with Crippen molar-refractivity contribution in [2.45, 2.75) is 11.7 Å². The standard InChI is InChI=1S/C6H10O10S2/c7-5(8)3-4(18(13,14)15)6(9)16-1-2-17(10,11)12/h4H,1-3H2,(H,7,8)(H,10,11,12)(H,13,14,15). The zero-order valence-corrected chi connectivity index (χ0v) is 10.3. The summed E-state index contributed by atoms with van der Waals surface area (Å²) in [5.41, 5.74) is 0. The number of esters is 1. The molecule has 0 aliphatic carbocycles.